The highest BCUT2D eigenvalue weighted by Crippen LogP contribution is 2.22. The van der Waals surface area contributed by atoms with Crippen LogP contribution in [0.25, 0.3) is 0 Å². The lowest BCUT2D eigenvalue weighted by molar-refractivity contribution is -0.130. The Balaban J connectivity index is 1.79. The van der Waals surface area contributed by atoms with Crippen molar-refractivity contribution in [2.75, 3.05) is 13.1 Å². The first kappa shape index (κ1) is 10.7. The number of hydrogen-bond acceptors (Lipinski definition) is 3. The fourth-order valence-corrected chi connectivity index (χ4v) is 2.66. The lowest BCUT2D eigenvalue weighted by Gasteiger charge is -2.40. The third-order valence-corrected chi connectivity index (χ3v) is 3.62. The van der Waals surface area contributed by atoms with Crippen LogP contribution in [-0.2, 0) is 4.79 Å². The third kappa shape index (κ3) is 2.06. The zero-order valence-electron chi connectivity index (χ0n) is 9.65. The normalized spacial score (nSPS) is 32.7. The molecule has 17 heavy (non-hydrogen) atoms. The van der Waals surface area contributed by atoms with Gasteiger partial charge in [0.2, 0.25) is 5.91 Å². The van der Waals surface area contributed by atoms with Gasteiger partial charge >= 0.3 is 0 Å². The minimum Gasteiger partial charge on any atom is -0.336 e. The van der Waals surface area contributed by atoms with Gasteiger partial charge in [-0.1, -0.05) is 30.3 Å². The highest BCUT2D eigenvalue weighted by atomic mass is 16.2. The van der Waals surface area contributed by atoms with Crippen LogP contribution in [0.15, 0.2) is 30.3 Å². The predicted octanol–water partition coefficient (Wildman–Crippen LogP) is 0.383. The van der Waals surface area contributed by atoms with E-state index in [1.165, 1.54) is 0 Å². The molecule has 2 heterocycles. The molecule has 3 atom stereocenters. The van der Waals surface area contributed by atoms with Crippen LogP contribution in [0.1, 0.15) is 18.2 Å². The first-order chi connectivity index (χ1) is 8.34. The molecule has 4 nitrogen and oxygen atoms in total. The summed E-state index contributed by atoms with van der Waals surface area (Å²) in [6, 6.07) is 10.4. The molecule has 0 aromatic heterocycles. The monoisotopic (exact) mass is 231 g/mol. The van der Waals surface area contributed by atoms with E-state index in [2.05, 4.69) is 16.0 Å². The van der Waals surface area contributed by atoms with E-state index in [-0.39, 0.29) is 18.0 Å². The quantitative estimate of drug-likeness (QED) is 0.655. The number of benzene rings is 1. The molecule has 1 amide bonds. The van der Waals surface area contributed by atoms with Gasteiger partial charge < -0.3 is 10.6 Å². The van der Waals surface area contributed by atoms with Gasteiger partial charge in [0.1, 0.15) is 6.17 Å². The van der Waals surface area contributed by atoms with Crippen molar-refractivity contribution in [3.05, 3.63) is 35.9 Å². The highest BCUT2D eigenvalue weighted by Gasteiger charge is 2.37. The second kappa shape index (κ2) is 4.47. The predicted molar refractivity (Wildman–Crippen MR) is 65.2 cm³/mol. The maximum atomic E-state index is 12.0. The van der Waals surface area contributed by atoms with Crippen LogP contribution in [0, 0.1) is 5.92 Å². The lowest BCUT2D eigenvalue weighted by Crippen LogP contribution is -2.61. The first-order valence-electron chi connectivity index (χ1n) is 6.17. The average Bonchev–Trinajstić information content (AvgIpc) is 2.40. The second-order valence-corrected chi connectivity index (χ2v) is 4.72. The Bertz CT molecular complexity index is 406. The van der Waals surface area contributed by atoms with Gasteiger partial charge in [0, 0.05) is 12.6 Å². The largest absolute Gasteiger partial charge is 0.336 e. The number of fused-ring (bicyclic) bond motifs is 1. The van der Waals surface area contributed by atoms with Gasteiger partial charge in [0.15, 0.2) is 0 Å². The summed E-state index contributed by atoms with van der Waals surface area (Å²) in [6.07, 6.45) is 0.976. The Morgan fingerprint density at radius 1 is 1.18 bits per heavy atom. The van der Waals surface area contributed by atoms with Gasteiger partial charge in [-0.25, -0.2) is 0 Å². The lowest BCUT2D eigenvalue weighted by atomic mass is 9.89. The van der Waals surface area contributed by atoms with Crippen LogP contribution in [0.4, 0.5) is 0 Å². The van der Waals surface area contributed by atoms with Crippen LogP contribution in [-0.4, -0.2) is 25.0 Å². The van der Waals surface area contributed by atoms with E-state index < -0.39 is 0 Å². The maximum absolute atomic E-state index is 12.0. The molecule has 2 fully saturated rings. The Labute approximate surface area is 101 Å². The molecule has 90 valence electrons. The topological polar surface area (TPSA) is 53.2 Å². The zero-order valence-corrected chi connectivity index (χ0v) is 9.65. The van der Waals surface area contributed by atoms with Crippen molar-refractivity contribution < 1.29 is 4.79 Å². The molecule has 1 aromatic carbocycles. The molecular weight excluding hydrogens is 214 g/mol. The van der Waals surface area contributed by atoms with Crippen molar-refractivity contribution in [2.45, 2.75) is 18.6 Å². The van der Waals surface area contributed by atoms with Crippen LogP contribution < -0.4 is 16.0 Å². The summed E-state index contributed by atoms with van der Waals surface area (Å²) in [5, 5.41) is 9.84. The maximum Gasteiger partial charge on any atom is 0.227 e. The molecule has 1 aromatic rings. The average molecular weight is 231 g/mol. The van der Waals surface area contributed by atoms with E-state index in [0.717, 1.165) is 25.1 Å². The van der Waals surface area contributed by atoms with Crippen LogP contribution in [0.3, 0.4) is 0 Å². The molecular formula is C13H17N3O. The highest BCUT2D eigenvalue weighted by molar-refractivity contribution is 5.81. The fraction of sp³-hybridized carbons (Fsp3) is 0.462. The summed E-state index contributed by atoms with van der Waals surface area (Å²) in [5.74, 6) is 0.235. The molecule has 0 aliphatic carbocycles. The molecule has 3 N–H and O–H groups in total. The van der Waals surface area contributed by atoms with E-state index in [9.17, 15) is 4.79 Å². The molecule has 0 spiro atoms. The first-order valence-corrected chi connectivity index (χ1v) is 6.17. The molecule has 0 radical (unpaired) electrons. The van der Waals surface area contributed by atoms with Crippen LogP contribution >= 0.6 is 0 Å². The number of nitrogens with one attached hydrogen (secondary N) is 3. The summed E-state index contributed by atoms with van der Waals surface area (Å²) < 4.78 is 0. The summed E-state index contributed by atoms with van der Waals surface area (Å²) in [4.78, 5) is 12.0. The number of hydrogen-bond donors (Lipinski definition) is 3. The van der Waals surface area contributed by atoms with Gasteiger partial charge in [0.25, 0.3) is 0 Å². The molecule has 0 saturated carbocycles. The van der Waals surface area contributed by atoms with E-state index in [1.807, 2.05) is 30.3 Å². The summed E-state index contributed by atoms with van der Waals surface area (Å²) >= 11 is 0. The van der Waals surface area contributed by atoms with E-state index in [4.69, 9.17) is 0 Å². The summed E-state index contributed by atoms with van der Waals surface area (Å²) in [6.45, 7) is 1.77. The van der Waals surface area contributed by atoms with Crippen molar-refractivity contribution in [2.24, 2.45) is 5.92 Å². The summed E-state index contributed by atoms with van der Waals surface area (Å²) in [5.41, 5.74) is 1.12. The number of carbonyl (C=O) groups is 1. The number of piperidine rings is 1. The van der Waals surface area contributed by atoms with Gasteiger partial charge in [-0.3, -0.25) is 10.1 Å². The van der Waals surface area contributed by atoms with Crippen molar-refractivity contribution in [1.82, 2.24) is 16.0 Å². The molecule has 3 rings (SSSR count). The Morgan fingerprint density at radius 3 is 2.82 bits per heavy atom. The molecule has 3 unspecified atom stereocenters. The molecule has 0 bridgehead atoms. The van der Waals surface area contributed by atoms with Gasteiger partial charge in [-0.2, -0.15) is 0 Å². The Kier molecular flexibility index (Phi) is 2.82. The SMILES string of the molecule is O=C1NC(c2ccccc2)NC2CCNCC12. The van der Waals surface area contributed by atoms with Gasteiger partial charge in [-0.05, 0) is 18.5 Å². The number of amides is 1. The van der Waals surface area contributed by atoms with E-state index in [1.54, 1.807) is 0 Å². The van der Waals surface area contributed by atoms with Gasteiger partial charge in [0.05, 0.1) is 5.92 Å². The molecule has 4 heteroatoms. The van der Waals surface area contributed by atoms with E-state index >= 15 is 0 Å². The third-order valence-electron chi connectivity index (χ3n) is 3.62. The zero-order chi connectivity index (χ0) is 11.7. The van der Waals surface area contributed by atoms with Crippen molar-refractivity contribution in [1.29, 1.82) is 0 Å². The summed E-state index contributed by atoms with van der Waals surface area (Å²) in [7, 11) is 0. The van der Waals surface area contributed by atoms with Crippen molar-refractivity contribution in [3.8, 4) is 0 Å². The molecule has 2 aliphatic rings. The fourth-order valence-electron chi connectivity index (χ4n) is 2.66. The van der Waals surface area contributed by atoms with Crippen LogP contribution in [0.5, 0.6) is 0 Å². The van der Waals surface area contributed by atoms with Crippen molar-refractivity contribution >= 4 is 5.91 Å². The second-order valence-electron chi connectivity index (χ2n) is 4.72. The van der Waals surface area contributed by atoms with E-state index in [0.29, 0.717) is 6.04 Å². The minimum atomic E-state index is -0.0388. The number of rotatable bonds is 1. The molecule has 2 saturated heterocycles. The van der Waals surface area contributed by atoms with Gasteiger partial charge in [-0.15, -0.1) is 0 Å². The Morgan fingerprint density at radius 2 is 2.00 bits per heavy atom. The Hall–Kier alpha value is -1.39. The van der Waals surface area contributed by atoms with Crippen molar-refractivity contribution in [3.63, 3.8) is 0 Å². The number of carbonyl (C=O) groups excluding carboxylic acids is 1. The van der Waals surface area contributed by atoms with Crippen LogP contribution in [0.2, 0.25) is 0 Å². The minimum absolute atomic E-state index is 0.0388. The smallest absolute Gasteiger partial charge is 0.227 e. The standard InChI is InChI=1S/C13H17N3O/c17-13-10-8-14-7-6-11(10)15-12(16-13)9-4-2-1-3-5-9/h1-5,10-12,14-15H,6-8H2,(H,16,17). The molecule has 2 aliphatic heterocycles.